The molecule has 0 aliphatic carbocycles. The van der Waals surface area contributed by atoms with Gasteiger partial charge in [0.05, 0.1) is 10.7 Å². The van der Waals surface area contributed by atoms with Gasteiger partial charge in [0.15, 0.2) is 5.13 Å². The van der Waals surface area contributed by atoms with Crippen LogP contribution in [0.5, 0.6) is 11.5 Å². The molecule has 0 atom stereocenters. The Morgan fingerprint density at radius 2 is 1.78 bits per heavy atom. The molecule has 1 aromatic heterocycles. The van der Waals surface area contributed by atoms with Crippen LogP contribution >= 0.6 is 34.5 Å². The van der Waals surface area contributed by atoms with E-state index in [1.54, 1.807) is 29.2 Å². The second-order valence-electron chi connectivity index (χ2n) is 7.04. The van der Waals surface area contributed by atoms with Crippen molar-refractivity contribution in [1.29, 1.82) is 0 Å². The number of amides is 1. The Morgan fingerprint density at radius 1 is 1.00 bits per heavy atom. The van der Waals surface area contributed by atoms with Gasteiger partial charge in [-0.05, 0) is 55.0 Å². The van der Waals surface area contributed by atoms with Crippen molar-refractivity contribution in [3.05, 3.63) is 93.8 Å². The topological polar surface area (TPSA) is 42.4 Å². The highest BCUT2D eigenvalue weighted by molar-refractivity contribution is 7.14. The number of carbonyl (C=O) groups is 1. The lowest BCUT2D eigenvalue weighted by Gasteiger charge is -2.19. The summed E-state index contributed by atoms with van der Waals surface area (Å²) >= 11 is 13.8. The molecular formula is C25H20Cl2N2O2S. The second kappa shape index (κ2) is 10.2. The minimum Gasteiger partial charge on any atom is -0.457 e. The third-order valence-corrected chi connectivity index (χ3v) is 6.09. The summed E-state index contributed by atoms with van der Waals surface area (Å²) in [6.45, 7) is 2.57. The van der Waals surface area contributed by atoms with Gasteiger partial charge in [-0.15, -0.1) is 11.3 Å². The van der Waals surface area contributed by atoms with Crippen LogP contribution in [-0.4, -0.2) is 17.4 Å². The fraction of sp³-hybridized carbons (Fsp3) is 0.120. The lowest BCUT2D eigenvalue weighted by molar-refractivity contribution is 0.0986. The van der Waals surface area contributed by atoms with Gasteiger partial charge in [0, 0.05) is 28.1 Å². The van der Waals surface area contributed by atoms with E-state index >= 15 is 0 Å². The van der Waals surface area contributed by atoms with E-state index < -0.39 is 0 Å². The van der Waals surface area contributed by atoms with E-state index in [0.717, 1.165) is 12.0 Å². The lowest BCUT2D eigenvalue weighted by Crippen LogP contribution is -2.31. The highest BCUT2D eigenvalue weighted by Crippen LogP contribution is 2.34. The number of aromatic nitrogens is 1. The predicted octanol–water partition coefficient (Wildman–Crippen LogP) is 7.97. The van der Waals surface area contributed by atoms with E-state index in [-0.39, 0.29) is 5.91 Å². The van der Waals surface area contributed by atoms with E-state index in [1.165, 1.54) is 11.3 Å². The summed E-state index contributed by atoms with van der Waals surface area (Å²) in [7, 11) is 0. The summed E-state index contributed by atoms with van der Waals surface area (Å²) in [6, 6.07) is 22.0. The van der Waals surface area contributed by atoms with Gasteiger partial charge in [-0.25, -0.2) is 4.98 Å². The molecule has 0 fully saturated rings. The molecule has 7 heteroatoms. The van der Waals surface area contributed by atoms with Crippen molar-refractivity contribution >= 4 is 45.6 Å². The van der Waals surface area contributed by atoms with Crippen LogP contribution in [0.15, 0.2) is 78.2 Å². The number of halogens is 2. The van der Waals surface area contributed by atoms with E-state index in [1.807, 2.05) is 60.8 Å². The molecule has 0 spiro atoms. The molecule has 0 saturated carbocycles. The van der Waals surface area contributed by atoms with Gasteiger partial charge in [0.1, 0.15) is 11.5 Å². The number of hydrogen-bond donors (Lipinski definition) is 0. The molecular weight excluding hydrogens is 463 g/mol. The summed E-state index contributed by atoms with van der Waals surface area (Å²) in [5, 5.41) is 3.60. The minimum absolute atomic E-state index is 0.131. The van der Waals surface area contributed by atoms with Crippen LogP contribution in [0, 0.1) is 0 Å². The van der Waals surface area contributed by atoms with Gasteiger partial charge in [0.2, 0.25) is 0 Å². The highest BCUT2D eigenvalue weighted by Gasteiger charge is 2.21. The van der Waals surface area contributed by atoms with Crippen molar-refractivity contribution in [2.45, 2.75) is 13.3 Å². The zero-order valence-electron chi connectivity index (χ0n) is 17.3. The quantitative estimate of drug-likeness (QED) is 0.268. The number of benzene rings is 3. The van der Waals surface area contributed by atoms with Crippen LogP contribution in [0.25, 0.3) is 11.3 Å². The molecule has 162 valence electrons. The average Bonchev–Trinajstić information content (AvgIpc) is 3.27. The van der Waals surface area contributed by atoms with Crippen molar-refractivity contribution < 1.29 is 9.53 Å². The largest absolute Gasteiger partial charge is 0.457 e. The second-order valence-corrected chi connectivity index (χ2v) is 8.72. The van der Waals surface area contributed by atoms with Gasteiger partial charge in [0.25, 0.3) is 5.91 Å². The summed E-state index contributed by atoms with van der Waals surface area (Å²) in [5.41, 5.74) is 2.02. The van der Waals surface area contributed by atoms with Crippen molar-refractivity contribution in [3.8, 4) is 22.8 Å². The molecule has 3 aromatic carbocycles. The average molecular weight is 483 g/mol. The van der Waals surface area contributed by atoms with Crippen LogP contribution < -0.4 is 9.64 Å². The zero-order chi connectivity index (χ0) is 22.5. The first kappa shape index (κ1) is 22.3. The first-order valence-corrected chi connectivity index (χ1v) is 11.7. The molecule has 4 nitrogen and oxygen atoms in total. The number of hydrogen-bond acceptors (Lipinski definition) is 4. The van der Waals surface area contributed by atoms with Crippen LogP contribution in [0.4, 0.5) is 5.13 Å². The fourth-order valence-corrected chi connectivity index (χ4v) is 4.54. The lowest BCUT2D eigenvalue weighted by atomic mass is 10.2. The maximum atomic E-state index is 13.4. The standard InChI is InChI=1S/C25H20Cl2N2O2S/c1-2-13-29(25-28-23(16-32-25)21-12-11-18(26)15-22(21)27)24(30)17-7-6-10-20(14-17)31-19-8-4-3-5-9-19/h3-12,14-16H,2,13H2,1H3. The number of carbonyl (C=O) groups excluding carboxylic acids is 1. The molecule has 0 N–H and O–H groups in total. The molecule has 0 unspecified atom stereocenters. The number of ether oxygens (including phenoxy) is 1. The highest BCUT2D eigenvalue weighted by atomic mass is 35.5. The number of anilines is 1. The Kier molecular flexibility index (Phi) is 7.10. The molecule has 0 aliphatic heterocycles. The van der Waals surface area contributed by atoms with Gasteiger partial charge in [-0.2, -0.15) is 0 Å². The Labute approximate surface area is 201 Å². The molecule has 1 heterocycles. The van der Waals surface area contributed by atoms with Crippen LogP contribution in [0.3, 0.4) is 0 Å². The van der Waals surface area contributed by atoms with Crippen molar-refractivity contribution in [1.82, 2.24) is 4.98 Å². The normalized spacial score (nSPS) is 10.7. The monoisotopic (exact) mass is 482 g/mol. The first-order chi connectivity index (χ1) is 15.5. The van der Waals surface area contributed by atoms with Gasteiger partial charge < -0.3 is 4.74 Å². The number of rotatable bonds is 7. The molecule has 0 saturated heterocycles. The van der Waals surface area contributed by atoms with Crippen molar-refractivity contribution in [2.75, 3.05) is 11.4 Å². The smallest absolute Gasteiger partial charge is 0.260 e. The van der Waals surface area contributed by atoms with E-state index in [0.29, 0.717) is 44.5 Å². The van der Waals surface area contributed by atoms with Gasteiger partial charge in [-0.3, -0.25) is 9.69 Å². The Bertz CT molecular complexity index is 1230. The fourth-order valence-electron chi connectivity index (χ4n) is 3.19. The first-order valence-electron chi connectivity index (χ1n) is 10.1. The number of nitrogens with zero attached hydrogens (tertiary/aromatic N) is 2. The molecule has 4 aromatic rings. The number of thiazole rings is 1. The van der Waals surface area contributed by atoms with Gasteiger partial charge >= 0.3 is 0 Å². The summed E-state index contributed by atoms with van der Waals surface area (Å²) in [6.07, 6.45) is 0.794. The molecule has 1 amide bonds. The third kappa shape index (κ3) is 5.13. The Balaban J connectivity index is 1.60. The summed E-state index contributed by atoms with van der Waals surface area (Å²) in [4.78, 5) is 19.8. The zero-order valence-corrected chi connectivity index (χ0v) is 19.6. The van der Waals surface area contributed by atoms with E-state index in [2.05, 4.69) is 0 Å². The maximum absolute atomic E-state index is 13.4. The van der Waals surface area contributed by atoms with Crippen LogP contribution in [0.2, 0.25) is 10.0 Å². The number of para-hydroxylation sites is 1. The third-order valence-electron chi connectivity index (χ3n) is 4.68. The van der Waals surface area contributed by atoms with Crippen molar-refractivity contribution in [2.24, 2.45) is 0 Å². The van der Waals surface area contributed by atoms with Crippen molar-refractivity contribution in [3.63, 3.8) is 0 Å². The molecule has 0 radical (unpaired) electrons. The Morgan fingerprint density at radius 3 is 2.53 bits per heavy atom. The van der Waals surface area contributed by atoms with Crippen LogP contribution in [0.1, 0.15) is 23.7 Å². The van der Waals surface area contributed by atoms with E-state index in [4.69, 9.17) is 32.9 Å². The molecule has 32 heavy (non-hydrogen) atoms. The predicted molar refractivity (Wildman–Crippen MR) is 132 cm³/mol. The molecule has 4 rings (SSSR count). The van der Waals surface area contributed by atoms with Crippen LogP contribution in [-0.2, 0) is 0 Å². The Hall–Kier alpha value is -2.86. The maximum Gasteiger partial charge on any atom is 0.260 e. The molecule has 0 aliphatic rings. The SMILES string of the molecule is CCCN(C(=O)c1cccc(Oc2ccccc2)c1)c1nc(-c2ccc(Cl)cc2Cl)cs1. The minimum atomic E-state index is -0.131. The van der Waals surface area contributed by atoms with E-state index in [9.17, 15) is 4.79 Å². The molecule has 0 bridgehead atoms. The summed E-state index contributed by atoms with van der Waals surface area (Å²) in [5.74, 6) is 1.19. The van der Waals surface area contributed by atoms with Gasteiger partial charge in [-0.1, -0.05) is 54.4 Å². The summed E-state index contributed by atoms with van der Waals surface area (Å²) < 4.78 is 5.89.